The Morgan fingerprint density at radius 2 is 1.79 bits per heavy atom. The second-order valence-corrected chi connectivity index (χ2v) is 8.21. The number of hydrogen-bond donors (Lipinski definition) is 1. The molecule has 0 radical (unpaired) electrons. The van der Waals surface area contributed by atoms with Crippen molar-refractivity contribution in [3.8, 4) is 11.3 Å². The molecule has 34 heavy (non-hydrogen) atoms. The first-order valence-corrected chi connectivity index (χ1v) is 10.6. The van der Waals surface area contributed by atoms with Crippen molar-refractivity contribution in [1.29, 1.82) is 0 Å². The number of carbonyl (C=O) groups is 2. The molecule has 1 aliphatic heterocycles. The number of methoxy groups -OCH3 is 1. The third-order valence-corrected chi connectivity index (χ3v) is 6.25. The molecule has 0 saturated heterocycles. The predicted octanol–water partition coefficient (Wildman–Crippen LogP) is 4.90. The first kappa shape index (κ1) is 21.4. The van der Waals surface area contributed by atoms with Crippen LogP contribution in [0.2, 0.25) is 0 Å². The molecule has 1 N–H and O–H groups in total. The summed E-state index contributed by atoms with van der Waals surface area (Å²) in [5.74, 6) is -0.623. The summed E-state index contributed by atoms with van der Waals surface area (Å²) in [5, 5.41) is 14.3. The van der Waals surface area contributed by atoms with Crippen molar-refractivity contribution in [2.45, 2.75) is 19.8 Å². The molecule has 0 bridgehead atoms. The molecule has 1 aliphatic carbocycles. The molecule has 1 atom stereocenters. The van der Waals surface area contributed by atoms with Gasteiger partial charge in [-0.1, -0.05) is 24.3 Å². The normalized spacial score (nSPS) is 16.8. The molecule has 0 spiro atoms. The van der Waals surface area contributed by atoms with Gasteiger partial charge in [0.1, 0.15) is 11.5 Å². The molecule has 8 heteroatoms. The minimum Gasteiger partial charge on any atom is -0.466 e. The number of dihydropyridines is 1. The minimum absolute atomic E-state index is 0.0120. The highest BCUT2D eigenvalue weighted by atomic mass is 16.6. The number of rotatable bonds is 4. The van der Waals surface area contributed by atoms with Crippen molar-refractivity contribution in [3.05, 3.63) is 104 Å². The molecular weight excluding hydrogens is 436 g/mol. The smallest absolute Gasteiger partial charge is 0.336 e. The quantitative estimate of drug-likeness (QED) is 0.337. The summed E-state index contributed by atoms with van der Waals surface area (Å²) in [6, 6.07) is 15.3. The Bertz CT molecular complexity index is 1460. The number of carbonyl (C=O) groups excluding carboxylic acids is 2. The van der Waals surface area contributed by atoms with Gasteiger partial charge < -0.3 is 14.5 Å². The number of hydrogen-bond acceptors (Lipinski definition) is 7. The van der Waals surface area contributed by atoms with Gasteiger partial charge in [0.25, 0.3) is 5.69 Å². The largest absolute Gasteiger partial charge is 0.466 e. The first-order valence-electron chi connectivity index (χ1n) is 10.6. The van der Waals surface area contributed by atoms with E-state index in [-0.39, 0.29) is 11.5 Å². The van der Waals surface area contributed by atoms with Gasteiger partial charge in [-0.25, -0.2) is 4.79 Å². The van der Waals surface area contributed by atoms with E-state index in [1.165, 1.54) is 19.2 Å². The molecule has 0 unspecified atom stereocenters. The zero-order valence-corrected chi connectivity index (χ0v) is 18.7. The van der Waals surface area contributed by atoms with Gasteiger partial charge in [0.15, 0.2) is 5.78 Å². The number of ether oxygens (including phenoxy) is 1. The van der Waals surface area contributed by atoms with Gasteiger partial charge in [-0.05, 0) is 37.6 Å². The van der Waals surface area contributed by atoms with Crippen molar-refractivity contribution in [2.75, 3.05) is 7.11 Å². The van der Waals surface area contributed by atoms with E-state index in [4.69, 9.17) is 9.15 Å². The third kappa shape index (κ3) is 3.14. The van der Waals surface area contributed by atoms with Crippen molar-refractivity contribution < 1.29 is 23.7 Å². The van der Waals surface area contributed by atoms with Crippen LogP contribution in [-0.4, -0.2) is 23.8 Å². The van der Waals surface area contributed by atoms with Gasteiger partial charge in [0, 0.05) is 40.1 Å². The zero-order chi connectivity index (χ0) is 24.1. The fourth-order valence-corrected chi connectivity index (χ4v) is 4.68. The van der Waals surface area contributed by atoms with Crippen LogP contribution in [0.15, 0.2) is 75.9 Å². The van der Waals surface area contributed by atoms with Gasteiger partial charge in [-0.15, -0.1) is 0 Å². The molecule has 1 aromatic heterocycles. The topological polar surface area (TPSA) is 112 Å². The molecule has 2 aliphatic rings. The number of esters is 1. The Morgan fingerprint density at radius 1 is 1.06 bits per heavy atom. The van der Waals surface area contributed by atoms with Crippen molar-refractivity contribution in [1.82, 2.24) is 5.32 Å². The Morgan fingerprint density at radius 3 is 2.47 bits per heavy atom. The fourth-order valence-electron chi connectivity index (χ4n) is 4.68. The number of nitro groups is 1. The summed E-state index contributed by atoms with van der Waals surface area (Å²) in [7, 11) is 1.29. The lowest BCUT2D eigenvalue weighted by Crippen LogP contribution is -2.28. The van der Waals surface area contributed by atoms with Gasteiger partial charge in [0.2, 0.25) is 0 Å². The molecule has 3 aromatic rings. The number of Topliss-reactive ketones (excluding diaryl/α,β-unsaturated/α-hetero) is 1. The van der Waals surface area contributed by atoms with Crippen LogP contribution >= 0.6 is 0 Å². The molecule has 0 fully saturated rings. The number of furan rings is 1. The monoisotopic (exact) mass is 456 g/mol. The Hall–Kier alpha value is -4.46. The standard InChI is InChI=1S/C26H20N2O6/c1-13-12-15(28(31)32)8-9-16(13)19-10-11-20(34-19)22-21(26(30)33-3)14(2)27-24-17-6-4-5-7-18(17)25(29)23(22)24/h4-12,22,27H,1-3H3/t22-/m0/s1. The lowest BCUT2D eigenvalue weighted by molar-refractivity contribution is -0.384. The average Bonchev–Trinajstić information content (AvgIpc) is 3.41. The number of allylic oxidation sites excluding steroid dienone is 2. The second-order valence-electron chi connectivity index (χ2n) is 8.21. The average molecular weight is 456 g/mol. The minimum atomic E-state index is -0.768. The van der Waals surface area contributed by atoms with E-state index >= 15 is 0 Å². The highest BCUT2D eigenvalue weighted by molar-refractivity contribution is 6.23. The van der Waals surface area contributed by atoms with E-state index in [1.54, 1.807) is 44.2 Å². The number of nitrogens with zero attached hydrogens (tertiary/aromatic N) is 1. The highest BCUT2D eigenvalue weighted by Gasteiger charge is 2.44. The van der Waals surface area contributed by atoms with Crippen LogP contribution in [0.4, 0.5) is 5.69 Å². The number of ketones is 1. The van der Waals surface area contributed by atoms with Gasteiger partial charge in [0.05, 0.1) is 29.2 Å². The molecular formula is C26H20N2O6. The molecule has 8 nitrogen and oxygen atoms in total. The Balaban J connectivity index is 1.65. The fraction of sp³-hybridized carbons (Fsp3) is 0.154. The molecule has 2 heterocycles. The number of nitrogens with one attached hydrogen (secondary N) is 1. The SMILES string of the molecule is COC(=O)C1=C(C)NC2=C(C(=O)c3ccccc32)[C@H]1c1ccc(-c2ccc([N+](=O)[O-])cc2C)o1. The van der Waals surface area contributed by atoms with Gasteiger partial charge in [-0.2, -0.15) is 0 Å². The van der Waals surface area contributed by atoms with Crippen LogP contribution in [0.25, 0.3) is 17.0 Å². The lowest BCUT2D eigenvalue weighted by Gasteiger charge is -2.27. The number of aryl methyl sites for hydroxylation is 1. The van der Waals surface area contributed by atoms with Crippen LogP contribution in [0.1, 0.15) is 40.1 Å². The van der Waals surface area contributed by atoms with E-state index in [0.717, 1.165) is 5.56 Å². The van der Waals surface area contributed by atoms with Crippen molar-refractivity contribution in [2.24, 2.45) is 0 Å². The van der Waals surface area contributed by atoms with Crippen LogP contribution in [0.5, 0.6) is 0 Å². The van der Waals surface area contributed by atoms with Crippen LogP contribution in [-0.2, 0) is 9.53 Å². The number of fused-ring (bicyclic) bond motifs is 2. The molecule has 0 saturated carbocycles. The van der Waals surface area contributed by atoms with E-state index < -0.39 is 16.8 Å². The highest BCUT2D eigenvalue weighted by Crippen LogP contribution is 2.47. The number of benzene rings is 2. The number of non-ortho nitro benzene ring substituents is 1. The predicted molar refractivity (Wildman–Crippen MR) is 124 cm³/mol. The first-order chi connectivity index (χ1) is 16.3. The van der Waals surface area contributed by atoms with E-state index in [2.05, 4.69) is 5.32 Å². The van der Waals surface area contributed by atoms with E-state index in [1.807, 2.05) is 12.1 Å². The summed E-state index contributed by atoms with van der Waals surface area (Å²) in [6.45, 7) is 3.52. The second kappa shape index (κ2) is 7.84. The third-order valence-electron chi connectivity index (χ3n) is 6.25. The van der Waals surface area contributed by atoms with Crippen LogP contribution in [0, 0.1) is 17.0 Å². The molecule has 5 rings (SSSR count). The molecule has 170 valence electrons. The van der Waals surface area contributed by atoms with Gasteiger partial charge in [-0.3, -0.25) is 14.9 Å². The summed E-state index contributed by atoms with van der Waals surface area (Å²) >= 11 is 0. The summed E-state index contributed by atoms with van der Waals surface area (Å²) in [6.07, 6.45) is 0. The Labute approximate surface area is 194 Å². The van der Waals surface area contributed by atoms with E-state index in [9.17, 15) is 19.7 Å². The maximum Gasteiger partial charge on any atom is 0.336 e. The van der Waals surface area contributed by atoms with Crippen LogP contribution < -0.4 is 5.32 Å². The van der Waals surface area contributed by atoms with E-state index in [0.29, 0.717) is 50.8 Å². The molecule has 0 amide bonds. The molecule has 2 aromatic carbocycles. The van der Waals surface area contributed by atoms with Crippen LogP contribution in [0.3, 0.4) is 0 Å². The number of nitro benzene ring substituents is 1. The maximum atomic E-state index is 13.4. The Kier molecular flexibility index (Phi) is 4.93. The summed E-state index contributed by atoms with van der Waals surface area (Å²) < 4.78 is 11.2. The summed E-state index contributed by atoms with van der Waals surface area (Å²) in [5.41, 5.74) is 4.62. The lowest BCUT2D eigenvalue weighted by atomic mass is 9.83. The zero-order valence-electron chi connectivity index (χ0n) is 18.7. The maximum absolute atomic E-state index is 13.4. The van der Waals surface area contributed by atoms with Gasteiger partial charge >= 0.3 is 5.97 Å². The summed E-state index contributed by atoms with van der Waals surface area (Å²) in [4.78, 5) is 36.9. The van der Waals surface area contributed by atoms with Crippen molar-refractivity contribution >= 4 is 23.1 Å². The van der Waals surface area contributed by atoms with Crippen molar-refractivity contribution in [3.63, 3.8) is 0 Å².